The van der Waals surface area contributed by atoms with Crippen LogP contribution in [0.15, 0.2) is 0 Å². The van der Waals surface area contributed by atoms with Gasteiger partial charge in [-0.2, -0.15) is 11.8 Å². The standard InChI is InChI=1S/C76H135N15O17S/c1-51-67(99)86-53(31-20-27-43-80-59(92)36-15-12-24-40-77-47-63(96)106-74(3,4)5)69(101)84-52(2)68(100)87-55(33-22-29-45-82-61(94)38-17-14-26-42-79-49-65(98)108-76(9,10)11)71(103)89-56(34-23-30-46-83-62(95)39-19-18-35-58-66-57(50-109-58)90-73(105)91-66)72(104)88-54(70(102)85-51)32-21-28-44-81-60(93)37-16-13-25-41-78-48-64(97)107-75(6,7)8/h51-58,66,77-79H,12-50H2,1-11H3,(H,80,92)(H,81,93)(H,82,94)(H,83,95)(H,84,101)(H,85,102)(H,86,99)(H,87,100)(H,88,104)(H,89,103)(H2,90,91,105)/t51-,52-,53+,54+,55+,56-,57?,58+,66?/m1/s1. The van der Waals surface area contributed by atoms with Gasteiger partial charge in [0.1, 0.15) is 53.1 Å². The number of ether oxygens (including phenoxy) is 3. The molecule has 3 aliphatic heterocycles. The molecule has 0 bridgehead atoms. The van der Waals surface area contributed by atoms with E-state index >= 15 is 0 Å². The Labute approximate surface area is 650 Å². The van der Waals surface area contributed by atoms with Crippen molar-refractivity contribution in [1.29, 1.82) is 0 Å². The molecule has 622 valence electrons. The van der Waals surface area contributed by atoms with Crippen LogP contribution in [0.25, 0.3) is 0 Å². The Kier molecular flexibility index (Phi) is 46.3. The first-order valence-corrected chi connectivity index (χ1v) is 41.0. The summed E-state index contributed by atoms with van der Waals surface area (Å²) in [6.45, 7) is 22.0. The van der Waals surface area contributed by atoms with Crippen molar-refractivity contribution in [1.82, 2.24) is 79.8 Å². The van der Waals surface area contributed by atoms with Crippen molar-refractivity contribution in [3.8, 4) is 0 Å². The Hall–Kier alpha value is -7.39. The molecule has 3 rings (SSSR count). The Bertz CT molecular complexity index is 2810. The molecule has 3 fully saturated rings. The van der Waals surface area contributed by atoms with Crippen LogP contribution in [-0.4, -0.2) is 225 Å². The topological polar surface area (TPSA) is 447 Å². The van der Waals surface area contributed by atoms with Crippen LogP contribution in [0.4, 0.5) is 4.79 Å². The van der Waals surface area contributed by atoms with Gasteiger partial charge in [-0.05, 0) is 224 Å². The lowest BCUT2D eigenvalue weighted by molar-refractivity contribution is -0.154. The highest BCUT2D eigenvalue weighted by molar-refractivity contribution is 8.00. The fourth-order valence-electron chi connectivity index (χ4n) is 12.2. The van der Waals surface area contributed by atoms with E-state index in [0.717, 1.165) is 57.1 Å². The average molecular weight is 1560 g/mol. The highest BCUT2D eigenvalue weighted by atomic mass is 32.2. The van der Waals surface area contributed by atoms with Crippen LogP contribution in [-0.2, 0) is 76.5 Å². The smallest absolute Gasteiger partial charge is 0.320 e. The molecular formula is C76H135N15O17S. The van der Waals surface area contributed by atoms with Gasteiger partial charge in [0.25, 0.3) is 0 Å². The number of hydrogen-bond acceptors (Lipinski definition) is 21. The van der Waals surface area contributed by atoms with Gasteiger partial charge in [-0.1, -0.05) is 25.7 Å². The lowest BCUT2D eigenvalue weighted by Gasteiger charge is -2.28. The SMILES string of the molecule is C[C@H]1NC(=O)[C@H](CCCCNC(=O)CCCCCNCC(=O)OC(C)(C)C)NC(=O)[C@@H](CCCCNC(=O)CCCC[C@@H]2SCC3NC(=O)NC32)NC(=O)[C@H](CCCCNC(=O)CCCCCNCC(=O)OC(C)(C)C)NC(=O)[C@@H](C)NC(=O)[C@H](CCCCNC(=O)CCCCCNCC(=O)OC(C)(C)C)NC1=O. The summed E-state index contributed by atoms with van der Waals surface area (Å²) >= 11 is 1.81. The number of hydrogen-bond donors (Lipinski definition) is 15. The fourth-order valence-corrected chi connectivity index (χ4v) is 13.8. The number of nitrogens with one attached hydrogen (secondary N) is 15. The molecule has 109 heavy (non-hydrogen) atoms. The minimum absolute atomic E-state index is 0.0242. The van der Waals surface area contributed by atoms with Crippen molar-refractivity contribution in [2.24, 2.45) is 0 Å². The first-order valence-electron chi connectivity index (χ1n) is 39.9. The van der Waals surface area contributed by atoms with Crippen molar-refractivity contribution in [2.45, 2.75) is 326 Å². The second-order valence-electron chi connectivity index (χ2n) is 31.7. The monoisotopic (exact) mass is 1560 g/mol. The molecule has 0 aromatic rings. The van der Waals surface area contributed by atoms with Crippen LogP contribution < -0.4 is 79.8 Å². The summed E-state index contributed by atoms with van der Waals surface area (Å²) in [6.07, 6.45) is 12.6. The lowest BCUT2D eigenvalue weighted by atomic mass is 10.0. The molecule has 0 aliphatic carbocycles. The van der Waals surface area contributed by atoms with Crippen LogP contribution in [0.2, 0.25) is 0 Å². The molecule has 0 aromatic heterocycles. The van der Waals surface area contributed by atoms with E-state index in [0.29, 0.717) is 103 Å². The quantitative estimate of drug-likeness (QED) is 0.0180. The first kappa shape index (κ1) is 95.8. The third kappa shape index (κ3) is 46.1. The maximum absolute atomic E-state index is 14.8. The molecule has 32 nitrogen and oxygen atoms in total. The Morgan fingerprint density at radius 3 is 0.927 bits per heavy atom. The zero-order valence-electron chi connectivity index (χ0n) is 67.1. The molecular weight excluding hydrogens is 1430 g/mol. The van der Waals surface area contributed by atoms with E-state index < -0.39 is 88.5 Å². The molecule has 0 aromatic carbocycles. The predicted molar refractivity (Wildman–Crippen MR) is 416 cm³/mol. The number of rotatable bonds is 49. The summed E-state index contributed by atoms with van der Waals surface area (Å²) in [5.74, 6) is -5.34. The van der Waals surface area contributed by atoms with Crippen molar-refractivity contribution >= 4 is 94.8 Å². The van der Waals surface area contributed by atoms with Gasteiger partial charge in [0.15, 0.2) is 0 Å². The minimum Gasteiger partial charge on any atom is -0.459 e. The molecule has 3 aliphatic rings. The number of esters is 3. The molecule has 9 atom stereocenters. The Morgan fingerprint density at radius 1 is 0.339 bits per heavy atom. The maximum Gasteiger partial charge on any atom is 0.320 e. The van der Waals surface area contributed by atoms with E-state index in [-0.39, 0.29) is 156 Å². The lowest BCUT2D eigenvalue weighted by Crippen LogP contribution is -2.60. The second-order valence-corrected chi connectivity index (χ2v) is 32.9. The molecule has 0 saturated carbocycles. The Morgan fingerprint density at radius 2 is 0.615 bits per heavy atom. The zero-order valence-corrected chi connectivity index (χ0v) is 67.9. The van der Waals surface area contributed by atoms with Crippen LogP contribution >= 0.6 is 11.8 Å². The number of thioether (sulfide) groups is 1. The van der Waals surface area contributed by atoms with E-state index in [4.69, 9.17) is 14.2 Å². The Balaban J connectivity index is 1.79. The summed E-state index contributed by atoms with van der Waals surface area (Å²) < 4.78 is 16.0. The van der Waals surface area contributed by atoms with E-state index in [1.807, 2.05) is 11.8 Å². The van der Waals surface area contributed by atoms with Gasteiger partial charge >= 0.3 is 23.9 Å². The summed E-state index contributed by atoms with van der Waals surface area (Å²) in [5.41, 5.74) is -1.74. The van der Waals surface area contributed by atoms with Gasteiger partial charge in [0.05, 0.1) is 31.7 Å². The van der Waals surface area contributed by atoms with Crippen molar-refractivity contribution in [3.63, 3.8) is 0 Å². The van der Waals surface area contributed by atoms with Gasteiger partial charge in [-0.15, -0.1) is 0 Å². The number of amides is 12. The average Bonchev–Trinajstić information content (AvgIpc) is 1.59. The molecule has 3 heterocycles. The van der Waals surface area contributed by atoms with Crippen molar-refractivity contribution < 1.29 is 81.3 Å². The largest absolute Gasteiger partial charge is 0.459 e. The molecule has 0 spiro atoms. The molecule has 0 radical (unpaired) electrons. The number of carbonyl (C=O) groups excluding carboxylic acids is 14. The molecule has 33 heteroatoms. The van der Waals surface area contributed by atoms with Gasteiger partial charge < -0.3 is 94.0 Å². The highest BCUT2D eigenvalue weighted by Crippen LogP contribution is 2.33. The van der Waals surface area contributed by atoms with E-state index in [2.05, 4.69) is 79.8 Å². The fraction of sp³-hybridized carbons (Fsp3) is 0.816. The van der Waals surface area contributed by atoms with Crippen LogP contribution in [0.3, 0.4) is 0 Å². The molecule has 12 amide bonds. The minimum atomic E-state index is -1.30. The summed E-state index contributed by atoms with van der Waals surface area (Å²) in [4.78, 5) is 186. The van der Waals surface area contributed by atoms with Crippen LogP contribution in [0, 0.1) is 0 Å². The summed E-state index contributed by atoms with van der Waals surface area (Å²) in [5, 5.41) is 43.6. The van der Waals surface area contributed by atoms with Crippen molar-refractivity contribution in [2.75, 3.05) is 71.2 Å². The number of urea groups is 1. The summed E-state index contributed by atoms with van der Waals surface area (Å²) in [6, 6.07) is -7.64. The number of unbranched alkanes of at least 4 members (excludes halogenated alkanes) is 11. The van der Waals surface area contributed by atoms with E-state index in [9.17, 15) is 67.1 Å². The highest BCUT2D eigenvalue weighted by Gasteiger charge is 2.43. The van der Waals surface area contributed by atoms with Gasteiger partial charge in [-0.25, -0.2) is 4.79 Å². The normalized spacial score (nSPS) is 20.9. The third-order valence-electron chi connectivity index (χ3n) is 17.9. The van der Waals surface area contributed by atoms with Gasteiger partial charge in [0, 0.05) is 62.9 Å². The number of fused-ring (bicyclic) bond motifs is 1. The van der Waals surface area contributed by atoms with Crippen LogP contribution in [0.1, 0.15) is 256 Å². The predicted octanol–water partition coefficient (Wildman–Crippen LogP) is 3.30. The molecule has 2 unspecified atom stereocenters. The molecule has 15 N–H and O–H groups in total. The first-order chi connectivity index (χ1) is 51.6. The zero-order chi connectivity index (χ0) is 80.8. The third-order valence-corrected chi connectivity index (χ3v) is 19.4. The number of carbonyl (C=O) groups is 14. The van der Waals surface area contributed by atoms with Gasteiger partial charge in [0.2, 0.25) is 59.1 Å². The van der Waals surface area contributed by atoms with Crippen LogP contribution in [0.5, 0.6) is 0 Å². The second kappa shape index (κ2) is 52.7. The van der Waals surface area contributed by atoms with Gasteiger partial charge in [-0.3, -0.25) is 62.3 Å². The van der Waals surface area contributed by atoms with E-state index in [1.165, 1.54) is 13.8 Å². The summed E-state index contributed by atoms with van der Waals surface area (Å²) in [7, 11) is 0. The molecule has 3 saturated heterocycles. The maximum atomic E-state index is 14.8. The van der Waals surface area contributed by atoms with Crippen molar-refractivity contribution in [3.05, 3.63) is 0 Å². The van der Waals surface area contributed by atoms with E-state index in [1.54, 1.807) is 62.3 Å².